The van der Waals surface area contributed by atoms with Crippen LogP contribution in [0.5, 0.6) is 11.5 Å². The summed E-state index contributed by atoms with van der Waals surface area (Å²) in [4.78, 5) is 53.8. The maximum atomic E-state index is 13.7. The normalized spacial score (nSPS) is 13.9. The first-order valence-electron chi connectivity index (χ1n) is 16.8. The van der Waals surface area contributed by atoms with Crippen LogP contribution in [0.2, 0.25) is 0 Å². The quantitative estimate of drug-likeness (QED) is 0.246. The number of carbonyl (C=O) groups is 4. The molecule has 0 unspecified atom stereocenters. The zero-order chi connectivity index (χ0) is 34.6. The van der Waals surface area contributed by atoms with Crippen LogP contribution in [0.3, 0.4) is 0 Å². The van der Waals surface area contributed by atoms with E-state index in [1.807, 2.05) is 23.1 Å². The Labute approximate surface area is 284 Å². The van der Waals surface area contributed by atoms with E-state index in [1.165, 1.54) is 0 Å². The molecule has 0 fully saturated rings. The van der Waals surface area contributed by atoms with Crippen LogP contribution in [0.4, 0.5) is 0 Å². The van der Waals surface area contributed by atoms with Gasteiger partial charge in [0.25, 0.3) is 12.9 Å². The summed E-state index contributed by atoms with van der Waals surface area (Å²) >= 11 is 0. The zero-order valence-electron chi connectivity index (χ0n) is 28.9. The van der Waals surface area contributed by atoms with Gasteiger partial charge in [-0.05, 0) is 89.2 Å². The number of hydrogen-bond donors (Lipinski definition) is 1. The van der Waals surface area contributed by atoms with Gasteiger partial charge in [-0.2, -0.15) is 0 Å². The van der Waals surface area contributed by atoms with E-state index in [2.05, 4.69) is 58.1 Å². The highest BCUT2D eigenvalue weighted by atomic mass is 16.5. The van der Waals surface area contributed by atoms with Crippen molar-refractivity contribution in [2.45, 2.75) is 99.6 Å². The topological polar surface area (TPSA) is 105 Å². The second kappa shape index (κ2) is 17.6. The van der Waals surface area contributed by atoms with Crippen molar-refractivity contribution in [2.24, 2.45) is 11.8 Å². The lowest BCUT2D eigenvalue weighted by molar-refractivity contribution is -0.133. The van der Waals surface area contributed by atoms with E-state index in [-0.39, 0.29) is 24.9 Å². The van der Waals surface area contributed by atoms with Gasteiger partial charge in [0.2, 0.25) is 11.8 Å². The Morgan fingerprint density at radius 2 is 0.979 bits per heavy atom. The Kier molecular flexibility index (Phi) is 13.3. The van der Waals surface area contributed by atoms with Crippen molar-refractivity contribution in [1.29, 1.82) is 0 Å². The smallest absolute Gasteiger partial charge is 0.298 e. The number of fused-ring (bicyclic) bond motifs is 6. The summed E-state index contributed by atoms with van der Waals surface area (Å²) in [6.45, 7) is 13.6. The van der Waals surface area contributed by atoms with Gasteiger partial charge < -0.3 is 24.6 Å². The monoisotopic (exact) mass is 655 g/mol. The van der Waals surface area contributed by atoms with Crippen molar-refractivity contribution in [3.63, 3.8) is 0 Å². The molecule has 0 saturated heterocycles. The zero-order valence-corrected chi connectivity index (χ0v) is 28.9. The van der Waals surface area contributed by atoms with Crippen LogP contribution in [0.1, 0.15) is 92.3 Å². The number of aryl methyl sites for hydroxylation is 1. The Morgan fingerprint density at radius 3 is 1.40 bits per heavy atom. The standard InChI is InChI=1S/C39H49N3O6/c1-27(2)6-8-38(45)41-21-32-11-29(5)10-30(12-32)19-40-20-31-13-33(16-36(15-31)47-25-43)22-42(39(46)9-7-28(3)4)24-35-14-34(23-41)17-37(18-35)48-26-44/h10-18,25-28,40H,6-9,19-24H2,1-5H3. The van der Waals surface area contributed by atoms with E-state index in [0.717, 1.165) is 51.8 Å². The molecule has 9 nitrogen and oxygen atoms in total. The fraction of sp³-hybridized carbons (Fsp3) is 0.436. The minimum absolute atomic E-state index is 0.0120. The van der Waals surface area contributed by atoms with Gasteiger partial charge in [-0.25, -0.2) is 0 Å². The number of carbonyl (C=O) groups excluding carboxylic acids is 4. The second-order valence-electron chi connectivity index (χ2n) is 13.7. The largest absolute Gasteiger partial charge is 0.429 e. The van der Waals surface area contributed by atoms with Gasteiger partial charge in [0.15, 0.2) is 0 Å². The number of nitrogens with zero attached hydrogens (tertiary/aromatic N) is 2. The van der Waals surface area contributed by atoms with E-state index in [4.69, 9.17) is 9.47 Å². The van der Waals surface area contributed by atoms with Gasteiger partial charge >= 0.3 is 0 Å². The van der Waals surface area contributed by atoms with Crippen LogP contribution >= 0.6 is 0 Å². The lowest BCUT2D eigenvalue weighted by Crippen LogP contribution is -2.31. The molecular weight excluding hydrogens is 606 g/mol. The van der Waals surface area contributed by atoms with Crippen molar-refractivity contribution in [2.75, 3.05) is 0 Å². The predicted octanol–water partition coefficient (Wildman–Crippen LogP) is 6.60. The lowest BCUT2D eigenvalue weighted by atomic mass is 10.0. The molecule has 256 valence electrons. The molecule has 0 aromatic heterocycles. The van der Waals surface area contributed by atoms with Gasteiger partial charge in [-0.1, -0.05) is 63.6 Å². The van der Waals surface area contributed by atoms with Crippen LogP contribution in [0.25, 0.3) is 0 Å². The maximum Gasteiger partial charge on any atom is 0.298 e. The average molecular weight is 656 g/mol. The van der Waals surface area contributed by atoms with Crippen LogP contribution in [-0.2, 0) is 58.4 Å². The molecule has 6 bridgehead atoms. The number of nitrogens with one attached hydrogen (secondary N) is 1. The number of hydrogen-bond acceptors (Lipinski definition) is 7. The van der Waals surface area contributed by atoms with Crippen molar-refractivity contribution >= 4 is 24.8 Å². The lowest BCUT2D eigenvalue weighted by Gasteiger charge is -2.26. The summed E-state index contributed by atoms with van der Waals surface area (Å²) < 4.78 is 10.6. The Bertz CT molecular complexity index is 1580. The molecule has 0 spiro atoms. The molecule has 2 amide bonds. The minimum atomic E-state index is -0.0120. The number of benzene rings is 3. The number of amides is 2. The van der Waals surface area contributed by atoms with Crippen molar-refractivity contribution in [3.05, 3.63) is 93.5 Å². The first-order valence-corrected chi connectivity index (χ1v) is 16.8. The summed E-state index contributed by atoms with van der Waals surface area (Å²) in [5, 5.41) is 3.51. The van der Waals surface area contributed by atoms with Crippen molar-refractivity contribution in [1.82, 2.24) is 15.1 Å². The molecule has 1 N–H and O–H groups in total. The molecule has 9 heteroatoms. The molecule has 0 radical (unpaired) electrons. The molecule has 4 rings (SSSR count). The minimum Gasteiger partial charge on any atom is -0.429 e. The molecule has 1 heterocycles. The Morgan fingerprint density at radius 1 is 0.625 bits per heavy atom. The Balaban J connectivity index is 1.81. The molecule has 1 aliphatic rings. The van der Waals surface area contributed by atoms with Gasteiger partial charge in [0.1, 0.15) is 11.5 Å². The van der Waals surface area contributed by atoms with Gasteiger partial charge in [0.05, 0.1) is 0 Å². The van der Waals surface area contributed by atoms with E-state index in [1.54, 1.807) is 23.1 Å². The first kappa shape index (κ1) is 36.3. The molecule has 0 saturated carbocycles. The molecule has 0 atom stereocenters. The van der Waals surface area contributed by atoms with Crippen LogP contribution in [0, 0.1) is 18.8 Å². The summed E-state index contributed by atoms with van der Waals surface area (Å²) in [7, 11) is 0. The highest BCUT2D eigenvalue weighted by molar-refractivity contribution is 5.77. The Hall–Kier alpha value is -4.50. The van der Waals surface area contributed by atoms with E-state index in [9.17, 15) is 19.2 Å². The van der Waals surface area contributed by atoms with Crippen LogP contribution in [-0.4, -0.2) is 34.6 Å². The van der Waals surface area contributed by atoms with Crippen LogP contribution < -0.4 is 14.8 Å². The number of rotatable bonds is 10. The average Bonchev–Trinajstić information content (AvgIpc) is 3.01. The predicted molar refractivity (Wildman–Crippen MR) is 185 cm³/mol. The van der Waals surface area contributed by atoms with Gasteiger partial charge in [-0.15, -0.1) is 0 Å². The molecule has 0 aliphatic carbocycles. The first-order chi connectivity index (χ1) is 23.0. The fourth-order valence-electron chi connectivity index (χ4n) is 6.06. The number of ether oxygens (including phenoxy) is 2. The van der Waals surface area contributed by atoms with Crippen molar-refractivity contribution in [3.8, 4) is 11.5 Å². The summed E-state index contributed by atoms with van der Waals surface area (Å²) in [6.07, 6.45) is 2.33. The third kappa shape index (κ3) is 11.3. The molecule has 3 aromatic carbocycles. The van der Waals surface area contributed by atoms with E-state index in [0.29, 0.717) is 75.3 Å². The van der Waals surface area contributed by atoms with Gasteiger partial charge in [-0.3, -0.25) is 19.2 Å². The third-order valence-corrected chi connectivity index (χ3v) is 8.35. The van der Waals surface area contributed by atoms with E-state index >= 15 is 0 Å². The van der Waals surface area contributed by atoms with Gasteiger partial charge in [0, 0.05) is 52.1 Å². The highest BCUT2D eigenvalue weighted by Gasteiger charge is 2.20. The SMILES string of the molecule is Cc1cc2cc(c1)CN(C(=O)CCC(C)C)Cc1cc(cc(OC=O)c1)CN(C(=O)CCC(C)C)Cc1cc(cc(OC=O)c1)CNC2. The molecule has 1 aliphatic heterocycles. The summed E-state index contributed by atoms with van der Waals surface area (Å²) in [5.41, 5.74) is 6.53. The molecule has 3 aromatic rings. The molecular formula is C39H49N3O6. The maximum absolute atomic E-state index is 13.7. The summed E-state index contributed by atoms with van der Waals surface area (Å²) in [5.74, 6) is 1.55. The fourth-order valence-corrected chi connectivity index (χ4v) is 6.06. The highest BCUT2D eigenvalue weighted by Crippen LogP contribution is 2.25. The third-order valence-electron chi connectivity index (χ3n) is 8.35. The summed E-state index contributed by atoms with van der Waals surface area (Å²) in [6, 6.07) is 17.5. The van der Waals surface area contributed by atoms with E-state index < -0.39 is 0 Å². The van der Waals surface area contributed by atoms with Crippen LogP contribution in [0.15, 0.2) is 54.6 Å². The van der Waals surface area contributed by atoms with Crippen molar-refractivity contribution < 1.29 is 28.7 Å². The second-order valence-corrected chi connectivity index (χ2v) is 13.7. The molecule has 48 heavy (non-hydrogen) atoms.